The van der Waals surface area contributed by atoms with Gasteiger partial charge in [0.15, 0.2) is 26.8 Å². The molecular formula is C76H104Cl2N22O18S5. The van der Waals surface area contributed by atoms with Gasteiger partial charge in [-0.3, -0.25) is 29.8 Å². The summed E-state index contributed by atoms with van der Waals surface area (Å²) in [6, 6.07) is 22.1. The molecule has 7 aromatic rings. The lowest BCUT2D eigenvalue weighted by Gasteiger charge is -2.38. The van der Waals surface area contributed by atoms with Crippen LogP contribution in [-0.2, 0) is 66.9 Å². The highest BCUT2D eigenvalue weighted by Gasteiger charge is 2.55. The number of fused-ring (bicyclic) bond motifs is 6. The van der Waals surface area contributed by atoms with Crippen molar-refractivity contribution in [2.75, 3.05) is 46.2 Å². The van der Waals surface area contributed by atoms with Gasteiger partial charge in [-0.05, 0) is 70.9 Å². The van der Waals surface area contributed by atoms with E-state index in [1.165, 1.54) is 56.6 Å². The van der Waals surface area contributed by atoms with Crippen LogP contribution in [0.5, 0.6) is 5.75 Å². The van der Waals surface area contributed by atoms with E-state index in [2.05, 4.69) is 94.4 Å². The van der Waals surface area contributed by atoms with Gasteiger partial charge in [0, 0.05) is 40.3 Å². The first-order valence-electron chi connectivity index (χ1n) is 40.3. The highest BCUT2D eigenvalue weighted by atomic mass is 35.5. The molecule has 1 unspecified atom stereocenters. The van der Waals surface area contributed by atoms with Crippen LogP contribution in [-0.4, -0.2) is 348 Å². The van der Waals surface area contributed by atoms with Gasteiger partial charge in [0.2, 0.25) is 0 Å². The van der Waals surface area contributed by atoms with Crippen LogP contribution in [0.25, 0.3) is 11.0 Å². The number of alkyl halides is 1. The SMILES string of the molecule is CCCC1=N[C@@H]2[C@@H](O)[C@H](O)[C@@H](CCl)O[C@@H]2S1.CCN=C1N[C@@H]2[C@@H](O)[C@H](O)[C@@H](C(=O)N(C)C)O[C@@H]2S1.CCN=C1N[C@@H]2[C@@H](O)[C@H](O)[C@@H](Cn3cc(C(C)(O)c4ccccc4)nn3)O[C@@H]2S1.CCN=C1N[C@@H]2[C@@H](O)[C@H](O)[C@@H](Cn3cc(COc4ccccc4Cl)nn3)O[C@@H]2S1.CCN=C1N[C@@H]2[C@@H](O)[C@H](O)[C@@H](Cn3cc(Cn4nnc5ccccc54)nn3)O[C@@H]2S1. The van der Waals surface area contributed by atoms with Crippen molar-refractivity contribution in [2.45, 2.75) is 242 Å². The largest absolute Gasteiger partial charge is 0.486 e. The zero-order valence-corrected chi connectivity index (χ0v) is 73.9. The second-order valence-corrected chi connectivity index (χ2v) is 36.4. The van der Waals surface area contributed by atoms with E-state index in [1.807, 2.05) is 94.4 Å². The van der Waals surface area contributed by atoms with Gasteiger partial charge in [0.1, 0.15) is 159 Å². The van der Waals surface area contributed by atoms with Crippen LogP contribution in [0.1, 0.15) is 77.0 Å². The highest BCUT2D eigenvalue weighted by Crippen LogP contribution is 2.41. The van der Waals surface area contributed by atoms with Gasteiger partial charge in [-0.1, -0.05) is 159 Å². The third-order valence-electron chi connectivity index (χ3n) is 21.1. The van der Waals surface area contributed by atoms with E-state index in [0.29, 0.717) is 81.6 Å². The molecule has 0 aliphatic carbocycles. The van der Waals surface area contributed by atoms with Crippen molar-refractivity contribution in [3.05, 3.63) is 125 Å². The van der Waals surface area contributed by atoms with E-state index in [9.17, 15) is 61.0 Å². The van der Waals surface area contributed by atoms with Crippen molar-refractivity contribution in [1.29, 1.82) is 0 Å². The number of ether oxygens (including phenoxy) is 6. The molecule has 0 radical (unpaired) electrons. The number of halogens is 2. The van der Waals surface area contributed by atoms with Gasteiger partial charge >= 0.3 is 0 Å². The lowest BCUT2D eigenvalue weighted by Crippen LogP contribution is -2.62. The van der Waals surface area contributed by atoms with Gasteiger partial charge in [0.05, 0.1) is 90.4 Å². The third-order valence-corrected chi connectivity index (χ3v) is 27.3. The third kappa shape index (κ3) is 22.2. The number of benzene rings is 3. The minimum Gasteiger partial charge on any atom is -0.486 e. The van der Waals surface area contributed by atoms with E-state index in [1.54, 1.807) is 77.5 Å². The maximum absolute atomic E-state index is 11.9. The van der Waals surface area contributed by atoms with Crippen molar-refractivity contribution < 1.29 is 89.4 Å². The molecule has 0 spiro atoms. The second-order valence-electron chi connectivity index (χ2n) is 30.1. The van der Waals surface area contributed by atoms with Crippen LogP contribution in [0.2, 0.25) is 5.02 Å². The molecule has 14 heterocycles. The lowest BCUT2D eigenvalue weighted by molar-refractivity contribution is -0.179. The Morgan fingerprint density at radius 1 is 0.520 bits per heavy atom. The van der Waals surface area contributed by atoms with Crippen molar-refractivity contribution in [3.8, 4) is 5.75 Å². The molecule has 1 amide bonds. The maximum atomic E-state index is 11.9. The molecular weight excluding hydrogens is 1740 g/mol. The molecule has 3 aromatic carbocycles. The van der Waals surface area contributed by atoms with Gasteiger partial charge in [-0.15, -0.1) is 32.0 Å². The maximum Gasteiger partial charge on any atom is 0.254 e. The van der Waals surface area contributed by atoms with Crippen LogP contribution in [0.4, 0.5) is 0 Å². The molecule has 40 nitrogen and oxygen atoms in total. The number of nitrogens with zero attached hydrogens (tertiary/aromatic N) is 18. The summed E-state index contributed by atoms with van der Waals surface area (Å²) in [5.74, 6) is 0.399. The number of carbonyl (C=O) groups is 1. The van der Waals surface area contributed by atoms with E-state index in [0.717, 1.165) is 34.1 Å². The van der Waals surface area contributed by atoms with Crippen molar-refractivity contribution in [2.24, 2.45) is 25.0 Å². The molecule has 47 heteroatoms. The molecule has 0 saturated carbocycles. The predicted octanol–water partition coefficient (Wildman–Crippen LogP) is 0.286. The summed E-state index contributed by atoms with van der Waals surface area (Å²) in [5.41, 5.74) is 1.26. The normalized spacial score (nSPS) is 33.9. The van der Waals surface area contributed by atoms with E-state index in [4.69, 9.17) is 51.6 Å². The number of amidine groups is 4. The monoisotopic (exact) mass is 1840 g/mol. The Morgan fingerprint density at radius 2 is 0.967 bits per heavy atom. The molecule has 15 N–H and O–H groups in total. The summed E-state index contributed by atoms with van der Waals surface area (Å²) in [6.07, 6.45) is -6.64. The lowest BCUT2D eigenvalue weighted by atomic mass is 9.93. The number of aliphatic hydroxyl groups is 11. The number of hydrogen-bond donors (Lipinski definition) is 15. The fourth-order valence-electron chi connectivity index (χ4n) is 14.6. The number of amides is 1. The molecule has 4 aromatic heterocycles. The fraction of sp³-hybridized carbons (Fsp3) is 0.605. The summed E-state index contributed by atoms with van der Waals surface area (Å²) in [4.78, 5) is 34.8. The van der Waals surface area contributed by atoms with E-state index >= 15 is 0 Å². The highest BCUT2D eigenvalue weighted by molar-refractivity contribution is 8.15. The van der Waals surface area contributed by atoms with E-state index in [-0.39, 0.29) is 65.8 Å². The summed E-state index contributed by atoms with van der Waals surface area (Å²) in [5, 5.41) is 164. The molecule has 10 aliphatic heterocycles. The fourth-order valence-corrected chi connectivity index (χ4v) is 21.1. The molecule has 10 aliphatic rings. The van der Waals surface area contributed by atoms with Crippen LogP contribution in [0.15, 0.2) is 122 Å². The Hall–Kier alpha value is -7.01. The standard InChI is InChI=1S/C19H25N5O4S.C18H22ClN5O4S.C18H22N8O3S.C11H19N3O4S.C10H16ClNO3S/c1-3-20-18-21-14-16(26)15(25)12(28-17(14)29-18)9-24-10-13(22-23-24)19(2,27)11-7-5-4-6-8-11;1-2-20-18-21-14-16(26)15(25)13(28-17(14)29-18)8-24-7-10(22-23-24)9-27-12-6-4-3-5-11(12)19;1-2-19-18-20-14-16(28)15(27)13(29-17(14)30-18)9-25-7-10(21-23-25)8-26-12-6-4-3-5-11(12)22-24-26;1-4-12-11-13-5-6(15)7(16)8(9(17)14(2)3)18-10(5)19-11;1-2-3-6-12-7-9(14)8(13)5(4-11)15-10(7)16-6/h4-8,10,12,14-17,25-27H,3,9H2,1-2H3,(H,20,21);3-7,13-17,25-26H,2,8-9H2,1H3,(H,20,21);3-7,13-17,27-28H,2,8-9H2,1H3,(H,19,20);5-8,10,15-16H,4H2,1-3H3,(H,12,13);5,7-10,13-14H,2-4H2,1H3/t12-,14-,15-,16-,17-,19?;2*13-,14-,15-,16-,17-;5-,6-,7+,8+,10-;5-,7-,8-,9-,10-/m11111/s1. The van der Waals surface area contributed by atoms with Crippen molar-refractivity contribution in [1.82, 2.24) is 86.1 Å². The molecule has 9 fully saturated rings. The Balaban J connectivity index is 0.000000135. The number of likely N-dealkylation sites (N-methyl/N-ethyl adjacent to an activating group) is 1. The van der Waals surface area contributed by atoms with Crippen LogP contribution < -0.4 is 26.0 Å². The number of aromatic nitrogens is 12. The van der Waals surface area contributed by atoms with Gasteiger partial charge in [-0.2, -0.15) is 0 Å². The molecule has 17 rings (SSSR count). The zero-order valence-electron chi connectivity index (χ0n) is 68.3. The molecule has 670 valence electrons. The zero-order chi connectivity index (χ0) is 87.5. The Bertz CT molecular complexity index is 4800. The summed E-state index contributed by atoms with van der Waals surface area (Å²) >= 11 is 18.9. The molecule has 123 heavy (non-hydrogen) atoms. The van der Waals surface area contributed by atoms with Crippen LogP contribution in [0, 0.1) is 0 Å². The number of carbonyl (C=O) groups excluding carboxylic acids is 1. The first-order chi connectivity index (χ1) is 59.2. The van der Waals surface area contributed by atoms with E-state index < -0.39 is 127 Å². The van der Waals surface area contributed by atoms with Gasteiger partial charge in [-0.25, -0.2) is 18.7 Å². The Kier molecular flexibility index (Phi) is 32.5. The average molecular weight is 1850 g/mol. The Labute approximate surface area is 739 Å². The number of aliphatic hydroxyl groups excluding tert-OH is 10. The quantitative estimate of drug-likeness (QED) is 0.0430. The number of thioether (sulfide) groups is 5. The topological polar surface area (TPSA) is 531 Å². The minimum atomic E-state index is -1.30. The van der Waals surface area contributed by atoms with Crippen molar-refractivity contribution >= 4 is 125 Å². The minimum absolute atomic E-state index is 0.186. The number of hydrogen-bond acceptors (Lipinski definition) is 36. The number of aliphatic imine (C=N–C) groups is 5. The van der Waals surface area contributed by atoms with Crippen molar-refractivity contribution in [3.63, 3.8) is 0 Å². The predicted molar refractivity (Wildman–Crippen MR) is 464 cm³/mol. The first kappa shape index (κ1) is 93.6. The average Bonchev–Trinajstić information content (AvgIpc) is 1.67. The number of para-hydroxylation sites is 2. The summed E-state index contributed by atoms with van der Waals surface area (Å²) < 4.78 is 41.4. The van der Waals surface area contributed by atoms with Gasteiger partial charge < -0.3 is 111 Å². The summed E-state index contributed by atoms with van der Waals surface area (Å²) in [7, 11) is 3.17. The summed E-state index contributed by atoms with van der Waals surface area (Å²) in [6.45, 7) is 15.3. The van der Waals surface area contributed by atoms with Crippen LogP contribution in [0.3, 0.4) is 0 Å². The molecule has 0 bridgehead atoms. The molecule has 26 atom stereocenters. The van der Waals surface area contributed by atoms with Gasteiger partial charge in [0.25, 0.3) is 5.91 Å². The number of rotatable bonds is 21. The number of nitrogens with one attached hydrogen (secondary N) is 4. The first-order valence-corrected chi connectivity index (χ1v) is 45.6. The second kappa shape index (κ2) is 42.7. The Morgan fingerprint density at radius 3 is 1.47 bits per heavy atom. The smallest absolute Gasteiger partial charge is 0.254 e. The molecule has 9 saturated heterocycles. The van der Waals surface area contributed by atoms with Crippen LogP contribution >= 0.6 is 82.0 Å².